The number of nitrogen functional groups attached to an aromatic ring is 1. The van der Waals surface area contributed by atoms with Crippen LogP contribution in [0.25, 0.3) is 0 Å². The number of hydrogen-bond donors (Lipinski definition) is 1. The third-order valence-electron chi connectivity index (χ3n) is 3.91. The smallest absolute Gasteiger partial charge is 0.0346 e. The average molecular weight is 232 g/mol. The minimum absolute atomic E-state index is 0.748. The zero-order valence-electron chi connectivity index (χ0n) is 11.2. The number of anilines is 1. The predicted octanol–water partition coefficient (Wildman–Crippen LogP) is 3.20. The van der Waals surface area contributed by atoms with Crippen molar-refractivity contribution < 1.29 is 0 Å². The molecule has 2 heteroatoms. The van der Waals surface area contributed by atoms with Gasteiger partial charge in [-0.25, -0.2) is 0 Å². The summed E-state index contributed by atoms with van der Waals surface area (Å²) in [7, 11) is 0. The number of nitrogens with two attached hydrogens (primary N) is 1. The molecule has 2 N–H and O–H groups in total. The number of benzene rings is 1. The van der Waals surface area contributed by atoms with Gasteiger partial charge in [0.25, 0.3) is 0 Å². The molecule has 1 aliphatic heterocycles. The van der Waals surface area contributed by atoms with Crippen LogP contribution >= 0.6 is 0 Å². The molecule has 1 aromatic carbocycles. The Labute approximate surface area is 105 Å². The average Bonchev–Trinajstić information content (AvgIpc) is 2.72. The second-order valence-electron chi connectivity index (χ2n) is 5.62. The van der Waals surface area contributed by atoms with Crippen molar-refractivity contribution in [1.82, 2.24) is 4.90 Å². The molecule has 17 heavy (non-hydrogen) atoms. The van der Waals surface area contributed by atoms with Crippen LogP contribution in [0.4, 0.5) is 5.69 Å². The van der Waals surface area contributed by atoms with Crippen LogP contribution in [0.15, 0.2) is 18.2 Å². The number of nitrogens with zero attached hydrogens (tertiary/aromatic N) is 1. The lowest BCUT2D eigenvalue weighted by Gasteiger charge is -2.27. The Morgan fingerprint density at radius 3 is 2.82 bits per heavy atom. The summed E-state index contributed by atoms with van der Waals surface area (Å²) >= 11 is 0. The maximum Gasteiger partial charge on any atom is 0.0346 e. The summed E-state index contributed by atoms with van der Waals surface area (Å²) in [4.78, 5) is 2.61. The Bertz CT molecular complexity index is 385. The molecule has 1 atom stereocenters. The van der Waals surface area contributed by atoms with E-state index in [1.54, 1.807) is 0 Å². The largest absolute Gasteiger partial charge is 0.399 e. The van der Waals surface area contributed by atoms with Gasteiger partial charge in [0.15, 0.2) is 0 Å². The lowest BCUT2D eigenvalue weighted by atomic mass is 10.0. The molecule has 94 valence electrons. The van der Waals surface area contributed by atoms with E-state index in [9.17, 15) is 0 Å². The summed E-state index contributed by atoms with van der Waals surface area (Å²) in [6.07, 6.45) is 2.68. The molecule has 0 bridgehead atoms. The molecule has 0 aromatic heterocycles. The first kappa shape index (κ1) is 12.4. The monoisotopic (exact) mass is 232 g/mol. The summed E-state index contributed by atoms with van der Waals surface area (Å²) in [5.41, 5.74) is 9.41. The second-order valence-corrected chi connectivity index (χ2v) is 5.62. The number of likely N-dealkylation sites (tertiary alicyclic amines) is 1. The van der Waals surface area contributed by atoms with Crippen molar-refractivity contribution in [2.45, 2.75) is 46.2 Å². The van der Waals surface area contributed by atoms with Crippen LogP contribution in [0.2, 0.25) is 0 Å². The summed E-state index contributed by atoms with van der Waals surface area (Å²) in [6.45, 7) is 8.99. The van der Waals surface area contributed by atoms with Gasteiger partial charge >= 0.3 is 0 Å². The van der Waals surface area contributed by atoms with E-state index in [1.807, 2.05) is 0 Å². The maximum absolute atomic E-state index is 5.97. The van der Waals surface area contributed by atoms with Crippen LogP contribution in [0.1, 0.15) is 37.8 Å². The van der Waals surface area contributed by atoms with Gasteiger partial charge in [-0.05, 0) is 49.4 Å². The molecule has 1 unspecified atom stereocenters. The molecule has 1 aromatic rings. The van der Waals surface area contributed by atoms with E-state index >= 15 is 0 Å². The van der Waals surface area contributed by atoms with Gasteiger partial charge in [0, 0.05) is 18.3 Å². The quantitative estimate of drug-likeness (QED) is 0.811. The standard InChI is InChI=1S/C15H24N2/c1-11(2)15-5-4-8-17(15)10-13-7-6-12(3)14(16)9-13/h6-7,9,11,15H,4-5,8,10,16H2,1-3H3. The fourth-order valence-electron chi connectivity index (χ4n) is 2.83. The van der Waals surface area contributed by atoms with E-state index in [0.29, 0.717) is 0 Å². The normalized spacial score (nSPS) is 21.3. The third-order valence-corrected chi connectivity index (χ3v) is 3.91. The summed E-state index contributed by atoms with van der Waals surface area (Å²) in [6, 6.07) is 7.22. The molecule has 0 aliphatic carbocycles. The van der Waals surface area contributed by atoms with Crippen molar-refractivity contribution in [3.63, 3.8) is 0 Å². The Kier molecular flexibility index (Phi) is 3.72. The number of rotatable bonds is 3. The van der Waals surface area contributed by atoms with E-state index in [2.05, 4.69) is 43.9 Å². The van der Waals surface area contributed by atoms with Crippen LogP contribution in [-0.4, -0.2) is 17.5 Å². The van der Waals surface area contributed by atoms with Crippen molar-refractivity contribution in [3.05, 3.63) is 29.3 Å². The van der Waals surface area contributed by atoms with Gasteiger partial charge < -0.3 is 5.73 Å². The van der Waals surface area contributed by atoms with Crippen molar-refractivity contribution in [2.24, 2.45) is 5.92 Å². The highest BCUT2D eigenvalue weighted by atomic mass is 15.2. The highest BCUT2D eigenvalue weighted by Gasteiger charge is 2.26. The summed E-state index contributed by atoms with van der Waals surface area (Å²) < 4.78 is 0. The van der Waals surface area contributed by atoms with Crippen LogP contribution in [0.5, 0.6) is 0 Å². The fourth-order valence-corrected chi connectivity index (χ4v) is 2.83. The van der Waals surface area contributed by atoms with Crippen LogP contribution in [0, 0.1) is 12.8 Å². The predicted molar refractivity (Wildman–Crippen MR) is 73.9 cm³/mol. The third kappa shape index (κ3) is 2.81. The second kappa shape index (κ2) is 5.09. The molecule has 1 heterocycles. The van der Waals surface area contributed by atoms with Crippen LogP contribution in [0.3, 0.4) is 0 Å². The van der Waals surface area contributed by atoms with Gasteiger partial charge in [0.05, 0.1) is 0 Å². The van der Waals surface area contributed by atoms with Crippen molar-refractivity contribution >= 4 is 5.69 Å². The molecular weight excluding hydrogens is 208 g/mol. The van der Waals surface area contributed by atoms with Crippen molar-refractivity contribution in [1.29, 1.82) is 0 Å². The SMILES string of the molecule is Cc1ccc(CN2CCCC2C(C)C)cc1N. The fraction of sp³-hybridized carbons (Fsp3) is 0.600. The topological polar surface area (TPSA) is 29.3 Å². The Morgan fingerprint density at radius 1 is 1.41 bits per heavy atom. The van der Waals surface area contributed by atoms with E-state index in [1.165, 1.54) is 30.5 Å². The Balaban J connectivity index is 2.07. The highest BCUT2D eigenvalue weighted by Crippen LogP contribution is 2.26. The first-order valence-electron chi connectivity index (χ1n) is 6.67. The molecule has 0 radical (unpaired) electrons. The molecule has 1 saturated heterocycles. The van der Waals surface area contributed by atoms with E-state index in [-0.39, 0.29) is 0 Å². The minimum atomic E-state index is 0.748. The zero-order chi connectivity index (χ0) is 12.4. The lowest BCUT2D eigenvalue weighted by molar-refractivity contribution is 0.199. The van der Waals surface area contributed by atoms with Crippen molar-refractivity contribution in [2.75, 3.05) is 12.3 Å². The highest BCUT2D eigenvalue weighted by molar-refractivity contribution is 5.48. The van der Waals surface area contributed by atoms with Crippen LogP contribution < -0.4 is 5.73 Å². The summed E-state index contributed by atoms with van der Waals surface area (Å²) in [5, 5.41) is 0. The molecule has 2 rings (SSSR count). The number of hydrogen-bond acceptors (Lipinski definition) is 2. The first-order chi connectivity index (χ1) is 8.08. The van der Waals surface area contributed by atoms with Gasteiger partial charge in [0.2, 0.25) is 0 Å². The molecule has 0 spiro atoms. The molecule has 1 aliphatic rings. The van der Waals surface area contributed by atoms with Crippen LogP contribution in [-0.2, 0) is 6.54 Å². The summed E-state index contributed by atoms with van der Waals surface area (Å²) in [5.74, 6) is 0.750. The number of aryl methyl sites for hydroxylation is 1. The Morgan fingerprint density at radius 2 is 2.18 bits per heavy atom. The van der Waals surface area contributed by atoms with Gasteiger partial charge in [-0.2, -0.15) is 0 Å². The maximum atomic E-state index is 5.97. The van der Waals surface area contributed by atoms with Gasteiger partial charge in [-0.3, -0.25) is 4.90 Å². The van der Waals surface area contributed by atoms with E-state index in [0.717, 1.165) is 24.2 Å². The lowest BCUT2D eigenvalue weighted by Crippen LogP contribution is -2.32. The molecule has 0 amide bonds. The van der Waals surface area contributed by atoms with Gasteiger partial charge in [-0.15, -0.1) is 0 Å². The molecule has 0 saturated carbocycles. The minimum Gasteiger partial charge on any atom is -0.399 e. The molecule has 2 nitrogen and oxygen atoms in total. The Hall–Kier alpha value is -1.02. The molecule has 1 fully saturated rings. The van der Waals surface area contributed by atoms with E-state index < -0.39 is 0 Å². The van der Waals surface area contributed by atoms with Crippen molar-refractivity contribution in [3.8, 4) is 0 Å². The first-order valence-corrected chi connectivity index (χ1v) is 6.67. The van der Waals surface area contributed by atoms with E-state index in [4.69, 9.17) is 5.73 Å². The molecular formula is C15H24N2. The van der Waals surface area contributed by atoms with Gasteiger partial charge in [-0.1, -0.05) is 26.0 Å². The van der Waals surface area contributed by atoms with Gasteiger partial charge in [0.1, 0.15) is 0 Å². The zero-order valence-corrected chi connectivity index (χ0v) is 11.2.